The highest BCUT2D eigenvalue weighted by molar-refractivity contribution is 7.80. The molecule has 5 nitrogen and oxygen atoms in total. The number of nitrogens with zero attached hydrogens (tertiary/aromatic N) is 4. The first-order valence-electron chi connectivity index (χ1n) is 8.81. The number of likely N-dealkylation sites (N-methyl/N-ethyl adjacent to an activating group) is 1. The van der Waals surface area contributed by atoms with E-state index in [0.717, 1.165) is 29.6 Å². The maximum atomic E-state index is 5.61. The molecule has 1 aliphatic heterocycles. The van der Waals surface area contributed by atoms with Gasteiger partial charge < -0.3 is 14.8 Å². The predicted octanol–water partition coefficient (Wildman–Crippen LogP) is 3.32. The molecule has 0 aromatic carbocycles. The van der Waals surface area contributed by atoms with Crippen molar-refractivity contribution >= 4 is 17.3 Å². The van der Waals surface area contributed by atoms with Crippen LogP contribution >= 0.6 is 12.2 Å². The zero-order valence-electron chi connectivity index (χ0n) is 14.6. The molecule has 1 fully saturated rings. The minimum Gasteiger partial charge on any atom is -0.352 e. The lowest BCUT2D eigenvalue weighted by Gasteiger charge is -2.27. The predicted molar refractivity (Wildman–Crippen MR) is 106 cm³/mol. The van der Waals surface area contributed by atoms with Gasteiger partial charge in [-0.15, -0.1) is 0 Å². The Morgan fingerprint density at radius 1 is 1.04 bits per heavy atom. The van der Waals surface area contributed by atoms with Crippen LogP contribution in [-0.4, -0.2) is 31.1 Å². The van der Waals surface area contributed by atoms with Gasteiger partial charge in [-0.25, -0.2) is 0 Å². The summed E-state index contributed by atoms with van der Waals surface area (Å²) in [4.78, 5) is 11.3. The Bertz CT molecular complexity index is 877. The summed E-state index contributed by atoms with van der Waals surface area (Å²) < 4.78 is 2.25. The van der Waals surface area contributed by atoms with Gasteiger partial charge >= 0.3 is 0 Å². The molecule has 3 aromatic rings. The highest BCUT2D eigenvalue weighted by Crippen LogP contribution is 2.38. The summed E-state index contributed by atoms with van der Waals surface area (Å²) in [6.07, 6.45) is 5.77. The summed E-state index contributed by atoms with van der Waals surface area (Å²) in [5.74, 6) is 0. The molecule has 0 spiro atoms. The molecule has 0 amide bonds. The average molecular weight is 363 g/mol. The maximum absolute atomic E-state index is 5.61. The van der Waals surface area contributed by atoms with Crippen LogP contribution in [0.1, 0.15) is 36.1 Å². The normalized spacial score (nSPS) is 19.6. The topological polar surface area (TPSA) is 46.0 Å². The van der Waals surface area contributed by atoms with Crippen LogP contribution in [0.4, 0.5) is 0 Å². The summed E-state index contributed by atoms with van der Waals surface area (Å²) in [6, 6.07) is 16.4. The van der Waals surface area contributed by atoms with Crippen LogP contribution in [0.5, 0.6) is 0 Å². The second kappa shape index (κ2) is 7.25. The Morgan fingerprint density at radius 3 is 2.54 bits per heavy atom. The van der Waals surface area contributed by atoms with Gasteiger partial charge in [-0.2, -0.15) is 0 Å². The van der Waals surface area contributed by atoms with Crippen LogP contribution in [0.25, 0.3) is 0 Å². The molecular formula is C20H21N5S. The molecule has 132 valence electrons. The van der Waals surface area contributed by atoms with Crippen molar-refractivity contribution < 1.29 is 0 Å². The Kier molecular flexibility index (Phi) is 4.67. The fourth-order valence-electron chi connectivity index (χ4n) is 3.57. The number of hydrogen-bond acceptors (Lipinski definition) is 3. The van der Waals surface area contributed by atoms with Gasteiger partial charge in [0.25, 0.3) is 0 Å². The zero-order chi connectivity index (χ0) is 17.9. The molecule has 2 unspecified atom stereocenters. The third-order valence-corrected chi connectivity index (χ3v) is 5.12. The van der Waals surface area contributed by atoms with E-state index in [2.05, 4.69) is 62.1 Å². The van der Waals surface area contributed by atoms with Gasteiger partial charge in [-0.1, -0.05) is 12.1 Å². The standard InChI is InChI=1S/C20H21N5S/c1-2-25-19(18(23-20(25)26)16-9-4-6-12-22-16)17-10-7-13-24(17)14-15-8-3-5-11-21-15/h3-13,18-19H,2,14H2,1H3,(H,23,26). The smallest absolute Gasteiger partial charge is 0.170 e. The van der Waals surface area contributed by atoms with Crippen LogP contribution in [0.2, 0.25) is 0 Å². The van der Waals surface area contributed by atoms with E-state index in [1.807, 2.05) is 36.7 Å². The summed E-state index contributed by atoms with van der Waals surface area (Å²) in [7, 11) is 0. The molecule has 1 aliphatic rings. The van der Waals surface area contributed by atoms with Gasteiger partial charge in [-0.05, 0) is 55.5 Å². The largest absolute Gasteiger partial charge is 0.352 e. The lowest BCUT2D eigenvalue weighted by atomic mass is 10.0. The highest BCUT2D eigenvalue weighted by Gasteiger charge is 2.40. The molecule has 2 atom stereocenters. The van der Waals surface area contributed by atoms with Crippen LogP contribution in [0.15, 0.2) is 67.1 Å². The monoisotopic (exact) mass is 363 g/mol. The third kappa shape index (κ3) is 3.08. The minimum atomic E-state index is 0.0287. The SMILES string of the molecule is CCN1C(=S)NC(c2ccccn2)C1c1cccn1Cc1ccccn1. The van der Waals surface area contributed by atoms with Crippen molar-refractivity contribution in [3.63, 3.8) is 0 Å². The summed E-state index contributed by atoms with van der Waals surface area (Å²) in [5, 5.41) is 4.24. The maximum Gasteiger partial charge on any atom is 0.170 e. The molecule has 0 saturated carbocycles. The Balaban J connectivity index is 1.72. The molecule has 4 rings (SSSR count). The number of nitrogens with one attached hydrogen (secondary N) is 1. The number of rotatable bonds is 5. The number of aromatic nitrogens is 3. The van der Waals surface area contributed by atoms with Crippen molar-refractivity contribution in [2.45, 2.75) is 25.6 Å². The van der Waals surface area contributed by atoms with Crippen molar-refractivity contribution in [2.24, 2.45) is 0 Å². The number of thiocarbonyl (C=S) groups is 1. The van der Waals surface area contributed by atoms with E-state index < -0.39 is 0 Å². The van der Waals surface area contributed by atoms with Crippen molar-refractivity contribution in [3.8, 4) is 0 Å². The second-order valence-electron chi connectivity index (χ2n) is 6.29. The Morgan fingerprint density at radius 2 is 1.85 bits per heavy atom. The van der Waals surface area contributed by atoms with Crippen molar-refractivity contribution in [1.29, 1.82) is 0 Å². The zero-order valence-corrected chi connectivity index (χ0v) is 15.4. The van der Waals surface area contributed by atoms with Gasteiger partial charge in [0.05, 0.1) is 30.0 Å². The molecule has 26 heavy (non-hydrogen) atoms. The first-order chi connectivity index (χ1) is 12.8. The van der Waals surface area contributed by atoms with Gasteiger partial charge in [-0.3, -0.25) is 9.97 Å². The highest BCUT2D eigenvalue weighted by atomic mass is 32.1. The van der Waals surface area contributed by atoms with E-state index in [1.165, 1.54) is 5.69 Å². The first kappa shape index (κ1) is 16.7. The lowest BCUT2D eigenvalue weighted by Crippen LogP contribution is -2.30. The molecule has 4 heterocycles. The van der Waals surface area contributed by atoms with Crippen LogP contribution in [-0.2, 0) is 6.54 Å². The molecule has 0 radical (unpaired) electrons. The van der Waals surface area contributed by atoms with E-state index >= 15 is 0 Å². The van der Waals surface area contributed by atoms with E-state index in [0.29, 0.717) is 0 Å². The van der Waals surface area contributed by atoms with Crippen molar-refractivity contribution in [3.05, 3.63) is 84.2 Å². The molecular weight excluding hydrogens is 342 g/mol. The van der Waals surface area contributed by atoms with Crippen molar-refractivity contribution in [2.75, 3.05) is 6.54 Å². The van der Waals surface area contributed by atoms with Gasteiger partial charge in [0.15, 0.2) is 5.11 Å². The summed E-state index contributed by atoms with van der Waals surface area (Å²) >= 11 is 5.61. The lowest BCUT2D eigenvalue weighted by molar-refractivity contribution is 0.316. The van der Waals surface area contributed by atoms with Crippen LogP contribution < -0.4 is 5.32 Å². The fourth-order valence-corrected chi connectivity index (χ4v) is 3.94. The summed E-state index contributed by atoms with van der Waals surface area (Å²) in [5.41, 5.74) is 3.25. The van der Waals surface area contributed by atoms with E-state index in [-0.39, 0.29) is 12.1 Å². The Hall–Kier alpha value is -2.73. The van der Waals surface area contributed by atoms with E-state index in [4.69, 9.17) is 12.2 Å². The van der Waals surface area contributed by atoms with E-state index in [1.54, 1.807) is 0 Å². The Labute approximate surface area is 158 Å². The number of hydrogen-bond donors (Lipinski definition) is 1. The van der Waals surface area contributed by atoms with Gasteiger partial charge in [0.2, 0.25) is 0 Å². The summed E-state index contributed by atoms with van der Waals surface area (Å²) in [6.45, 7) is 3.71. The third-order valence-electron chi connectivity index (χ3n) is 4.76. The molecule has 3 aromatic heterocycles. The first-order valence-corrected chi connectivity index (χ1v) is 9.21. The second-order valence-corrected chi connectivity index (χ2v) is 6.68. The fraction of sp³-hybridized carbons (Fsp3) is 0.250. The van der Waals surface area contributed by atoms with Gasteiger partial charge in [0, 0.05) is 30.8 Å². The quantitative estimate of drug-likeness (QED) is 0.705. The molecule has 1 N–H and O–H groups in total. The van der Waals surface area contributed by atoms with Gasteiger partial charge in [0.1, 0.15) is 0 Å². The van der Waals surface area contributed by atoms with Crippen molar-refractivity contribution in [1.82, 2.24) is 24.8 Å². The molecule has 6 heteroatoms. The minimum absolute atomic E-state index is 0.0287. The van der Waals surface area contributed by atoms with E-state index in [9.17, 15) is 0 Å². The molecule has 0 aliphatic carbocycles. The van der Waals surface area contributed by atoms with Crippen LogP contribution in [0, 0.1) is 0 Å². The molecule has 0 bridgehead atoms. The number of pyridine rings is 2. The average Bonchev–Trinajstić information content (AvgIpc) is 3.26. The van der Waals surface area contributed by atoms with Crippen LogP contribution in [0.3, 0.4) is 0 Å². The molecule has 1 saturated heterocycles.